The quantitative estimate of drug-likeness (QED) is 0.817. The van der Waals surface area contributed by atoms with Crippen molar-refractivity contribution in [2.75, 3.05) is 0 Å². The Labute approximate surface area is 100 Å². The van der Waals surface area contributed by atoms with E-state index in [1.165, 1.54) is 0 Å². The van der Waals surface area contributed by atoms with Crippen LogP contribution in [-0.4, -0.2) is 10.9 Å². The molecule has 1 aromatic rings. The van der Waals surface area contributed by atoms with Gasteiger partial charge in [-0.05, 0) is 31.4 Å². The van der Waals surface area contributed by atoms with Crippen molar-refractivity contribution in [3.8, 4) is 0 Å². The van der Waals surface area contributed by atoms with E-state index >= 15 is 0 Å². The van der Waals surface area contributed by atoms with Crippen molar-refractivity contribution < 1.29 is 9.90 Å². The van der Waals surface area contributed by atoms with Gasteiger partial charge in [0.2, 0.25) is 0 Å². The predicted octanol–water partition coefficient (Wildman–Crippen LogP) is 2.98. The molecular weight excluding hydrogens is 224 g/mol. The predicted molar refractivity (Wildman–Crippen MR) is 63.6 cm³/mol. The van der Waals surface area contributed by atoms with Gasteiger partial charge in [-0.1, -0.05) is 23.7 Å². The number of carbonyl (C=O) groups excluding carboxylic acids is 1. The van der Waals surface area contributed by atoms with Crippen LogP contribution in [0.3, 0.4) is 0 Å². The van der Waals surface area contributed by atoms with E-state index in [9.17, 15) is 9.90 Å². The summed E-state index contributed by atoms with van der Waals surface area (Å²) in [5.41, 5.74) is 0.865. The highest BCUT2D eigenvalue weighted by Gasteiger charge is 2.36. The molecule has 0 aliphatic heterocycles. The number of rotatable bonds is 1. The molecule has 1 saturated carbocycles. The van der Waals surface area contributed by atoms with Crippen LogP contribution in [0.2, 0.25) is 5.02 Å². The number of hydrogen-bond donors (Lipinski definition) is 1. The lowest BCUT2D eigenvalue weighted by atomic mass is 9.77. The third-order valence-electron chi connectivity index (χ3n) is 3.32. The minimum absolute atomic E-state index is 0.231. The Morgan fingerprint density at radius 1 is 1.31 bits per heavy atom. The van der Waals surface area contributed by atoms with E-state index in [0.717, 1.165) is 11.1 Å². The van der Waals surface area contributed by atoms with Gasteiger partial charge in [-0.3, -0.25) is 4.79 Å². The fourth-order valence-electron chi connectivity index (χ4n) is 2.41. The fourth-order valence-corrected chi connectivity index (χ4v) is 2.81. The smallest absolute Gasteiger partial charge is 0.133 e. The number of ketones is 1. The maximum Gasteiger partial charge on any atom is 0.133 e. The molecule has 1 N–H and O–H groups in total. The molecular formula is C13H15ClO2. The van der Waals surface area contributed by atoms with E-state index in [2.05, 4.69) is 0 Å². The van der Waals surface area contributed by atoms with Crippen molar-refractivity contribution in [3.05, 3.63) is 34.3 Å². The molecule has 86 valence electrons. The zero-order chi connectivity index (χ0) is 11.8. The third kappa shape index (κ3) is 2.00. The summed E-state index contributed by atoms with van der Waals surface area (Å²) in [5.74, 6) is 0.231. The van der Waals surface area contributed by atoms with E-state index in [-0.39, 0.29) is 5.78 Å². The molecule has 0 amide bonds. The fraction of sp³-hybridized carbons (Fsp3) is 0.462. The second-order valence-electron chi connectivity index (χ2n) is 4.50. The lowest BCUT2D eigenvalue weighted by Crippen LogP contribution is -2.32. The minimum Gasteiger partial charge on any atom is -0.385 e. The lowest BCUT2D eigenvalue weighted by Gasteiger charge is -2.33. The summed E-state index contributed by atoms with van der Waals surface area (Å²) in [4.78, 5) is 11.2. The number of carbonyl (C=O) groups is 1. The first-order valence-electron chi connectivity index (χ1n) is 5.52. The lowest BCUT2D eigenvalue weighted by molar-refractivity contribution is -0.125. The molecule has 0 aromatic heterocycles. The molecule has 0 unspecified atom stereocenters. The normalized spacial score (nSPS) is 19.8. The van der Waals surface area contributed by atoms with Gasteiger partial charge < -0.3 is 5.11 Å². The zero-order valence-electron chi connectivity index (χ0n) is 9.29. The summed E-state index contributed by atoms with van der Waals surface area (Å²) in [5, 5.41) is 11.2. The van der Waals surface area contributed by atoms with Crippen molar-refractivity contribution in [1.82, 2.24) is 0 Å². The van der Waals surface area contributed by atoms with Gasteiger partial charge in [0.1, 0.15) is 5.78 Å². The van der Waals surface area contributed by atoms with Crippen LogP contribution in [0.5, 0.6) is 0 Å². The van der Waals surface area contributed by atoms with E-state index in [4.69, 9.17) is 11.6 Å². The monoisotopic (exact) mass is 238 g/mol. The highest BCUT2D eigenvalue weighted by Crippen LogP contribution is 2.40. The van der Waals surface area contributed by atoms with E-state index < -0.39 is 5.60 Å². The molecule has 3 heteroatoms. The zero-order valence-corrected chi connectivity index (χ0v) is 10.0. The molecule has 0 radical (unpaired) electrons. The van der Waals surface area contributed by atoms with Gasteiger partial charge in [0.25, 0.3) is 0 Å². The Kier molecular flexibility index (Phi) is 3.04. The average molecular weight is 239 g/mol. The van der Waals surface area contributed by atoms with Crippen LogP contribution in [-0.2, 0) is 10.4 Å². The van der Waals surface area contributed by atoms with Crippen LogP contribution in [0, 0.1) is 6.92 Å². The summed E-state index contributed by atoms with van der Waals surface area (Å²) >= 11 is 6.14. The molecule has 0 spiro atoms. The van der Waals surface area contributed by atoms with Crippen LogP contribution >= 0.6 is 11.6 Å². The van der Waals surface area contributed by atoms with Crippen molar-refractivity contribution in [1.29, 1.82) is 0 Å². The average Bonchev–Trinajstić information content (AvgIpc) is 2.23. The first-order chi connectivity index (χ1) is 7.53. The molecule has 1 aliphatic carbocycles. The molecule has 0 bridgehead atoms. The molecule has 0 atom stereocenters. The SMILES string of the molecule is Cc1cccc(Cl)c1C1(O)CCC(=O)CC1. The summed E-state index contributed by atoms with van der Waals surface area (Å²) in [6, 6.07) is 5.60. The van der Waals surface area contributed by atoms with E-state index in [1.807, 2.05) is 19.1 Å². The van der Waals surface area contributed by atoms with Crippen LogP contribution in [0.1, 0.15) is 36.8 Å². The van der Waals surface area contributed by atoms with Crippen LogP contribution in [0.4, 0.5) is 0 Å². The number of aryl methyl sites for hydroxylation is 1. The van der Waals surface area contributed by atoms with Crippen molar-refractivity contribution in [2.24, 2.45) is 0 Å². The second-order valence-corrected chi connectivity index (χ2v) is 4.91. The highest BCUT2D eigenvalue weighted by atomic mass is 35.5. The second kappa shape index (κ2) is 4.19. The summed E-state index contributed by atoms with van der Waals surface area (Å²) in [6.07, 6.45) is 1.86. The Hall–Kier alpha value is -0.860. The number of aliphatic hydroxyl groups is 1. The number of hydrogen-bond acceptors (Lipinski definition) is 2. The Balaban J connectivity index is 2.39. The van der Waals surface area contributed by atoms with Crippen LogP contribution in [0.15, 0.2) is 18.2 Å². The standard InChI is InChI=1S/C13H15ClO2/c1-9-3-2-4-11(14)12(9)13(16)7-5-10(15)6-8-13/h2-4,16H,5-8H2,1H3. The molecule has 1 aliphatic rings. The van der Waals surface area contributed by atoms with Gasteiger partial charge >= 0.3 is 0 Å². The highest BCUT2D eigenvalue weighted by molar-refractivity contribution is 6.31. The van der Waals surface area contributed by atoms with Gasteiger partial charge in [0.05, 0.1) is 5.60 Å². The van der Waals surface area contributed by atoms with Gasteiger partial charge in [0, 0.05) is 23.4 Å². The van der Waals surface area contributed by atoms with Crippen LogP contribution < -0.4 is 0 Å². The number of halogens is 1. The number of benzene rings is 1. The number of Topliss-reactive ketones (excluding diaryl/α,β-unsaturated/α-hetero) is 1. The topological polar surface area (TPSA) is 37.3 Å². The molecule has 2 nitrogen and oxygen atoms in total. The largest absolute Gasteiger partial charge is 0.385 e. The van der Waals surface area contributed by atoms with Gasteiger partial charge in [-0.15, -0.1) is 0 Å². The third-order valence-corrected chi connectivity index (χ3v) is 3.64. The summed E-state index contributed by atoms with van der Waals surface area (Å²) in [7, 11) is 0. The van der Waals surface area contributed by atoms with Crippen molar-refractivity contribution >= 4 is 17.4 Å². The Morgan fingerprint density at radius 3 is 2.50 bits per heavy atom. The summed E-state index contributed by atoms with van der Waals surface area (Å²) in [6.45, 7) is 1.94. The van der Waals surface area contributed by atoms with Crippen molar-refractivity contribution in [2.45, 2.75) is 38.2 Å². The first-order valence-corrected chi connectivity index (χ1v) is 5.90. The van der Waals surface area contributed by atoms with Gasteiger partial charge in [-0.25, -0.2) is 0 Å². The molecule has 0 saturated heterocycles. The maximum atomic E-state index is 11.2. The van der Waals surface area contributed by atoms with Crippen LogP contribution in [0.25, 0.3) is 0 Å². The summed E-state index contributed by atoms with van der Waals surface area (Å²) < 4.78 is 0. The molecule has 1 aromatic carbocycles. The van der Waals surface area contributed by atoms with E-state index in [0.29, 0.717) is 30.7 Å². The molecule has 16 heavy (non-hydrogen) atoms. The maximum absolute atomic E-state index is 11.2. The minimum atomic E-state index is -0.920. The first kappa shape index (κ1) is 11.6. The molecule has 1 fully saturated rings. The Bertz CT molecular complexity index is 396. The van der Waals surface area contributed by atoms with E-state index in [1.54, 1.807) is 6.07 Å². The van der Waals surface area contributed by atoms with Crippen molar-refractivity contribution in [3.63, 3.8) is 0 Å². The van der Waals surface area contributed by atoms with Gasteiger partial charge in [0.15, 0.2) is 0 Å². The molecule has 2 rings (SSSR count). The Morgan fingerprint density at radius 2 is 1.94 bits per heavy atom. The van der Waals surface area contributed by atoms with Gasteiger partial charge in [-0.2, -0.15) is 0 Å². The molecule has 0 heterocycles.